The highest BCUT2D eigenvalue weighted by atomic mass is 79.9. The number of nitrogens with zero attached hydrogens (tertiary/aromatic N) is 2. The number of rotatable bonds is 2. The molecule has 2 rings (SSSR count). The van der Waals surface area contributed by atoms with Crippen molar-refractivity contribution in [1.29, 1.82) is 0 Å². The highest BCUT2D eigenvalue weighted by Gasteiger charge is 2.05. The summed E-state index contributed by atoms with van der Waals surface area (Å²) < 4.78 is 2.77. The van der Waals surface area contributed by atoms with Crippen LogP contribution in [0.1, 0.15) is 5.56 Å². The van der Waals surface area contributed by atoms with Gasteiger partial charge in [-0.25, -0.2) is 4.68 Å². The number of hydrogen-bond acceptors (Lipinski definition) is 1. The third-order valence-corrected chi connectivity index (χ3v) is 3.23. The largest absolute Gasteiger partial charge is 0.240 e. The van der Waals surface area contributed by atoms with Crippen LogP contribution >= 0.6 is 43.5 Å². The maximum atomic E-state index is 5.93. The summed E-state index contributed by atoms with van der Waals surface area (Å²) in [7, 11) is 0. The van der Waals surface area contributed by atoms with Crippen LogP contribution in [0.25, 0.3) is 5.69 Å². The van der Waals surface area contributed by atoms with E-state index in [1.165, 1.54) is 0 Å². The van der Waals surface area contributed by atoms with Gasteiger partial charge in [-0.2, -0.15) is 5.10 Å². The molecule has 0 radical (unpaired) electrons. The van der Waals surface area contributed by atoms with Gasteiger partial charge in [-0.3, -0.25) is 0 Å². The van der Waals surface area contributed by atoms with E-state index in [4.69, 9.17) is 11.6 Å². The molecule has 78 valence electrons. The van der Waals surface area contributed by atoms with Gasteiger partial charge >= 0.3 is 0 Å². The fourth-order valence-electron chi connectivity index (χ4n) is 1.32. The van der Waals surface area contributed by atoms with E-state index in [1.807, 2.05) is 29.1 Å². The first-order valence-electron chi connectivity index (χ1n) is 4.25. The Kier molecular flexibility index (Phi) is 3.49. The minimum atomic E-state index is 0.736. The molecule has 0 spiro atoms. The van der Waals surface area contributed by atoms with Gasteiger partial charge in [-0.1, -0.05) is 27.5 Å². The molecule has 0 aliphatic carbocycles. The first-order chi connectivity index (χ1) is 7.20. The van der Waals surface area contributed by atoms with Crippen LogP contribution in [0.5, 0.6) is 0 Å². The normalized spacial score (nSPS) is 10.6. The molecule has 0 unspecified atom stereocenters. The Balaban J connectivity index is 2.52. The van der Waals surface area contributed by atoms with Gasteiger partial charge < -0.3 is 0 Å². The average Bonchev–Trinajstić information content (AvgIpc) is 2.64. The molecule has 0 fully saturated rings. The SMILES string of the molecule is Clc1ccc(-n2cc(Br)cn2)c(CBr)c1. The zero-order chi connectivity index (χ0) is 10.8. The summed E-state index contributed by atoms with van der Waals surface area (Å²) in [6.07, 6.45) is 3.67. The van der Waals surface area contributed by atoms with E-state index in [9.17, 15) is 0 Å². The molecule has 15 heavy (non-hydrogen) atoms. The molecule has 2 nitrogen and oxygen atoms in total. The van der Waals surface area contributed by atoms with Crippen molar-refractivity contribution < 1.29 is 0 Å². The summed E-state index contributed by atoms with van der Waals surface area (Å²) in [6, 6.07) is 5.75. The van der Waals surface area contributed by atoms with Crippen molar-refractivity contribution in [2.75, 3.05) is 0 Å². The van der Waals surface area contributed by atoms with Gasteiger partial charge in [-0.15, -0.1) is 0 Å². The van der Waals surface area contributed by atoms with Crippen molar-refractivity contribution >= 4 is 43.5 Å². The second-order valence-corrected chi connectivity index (χ2v) is 4.92. The van der Waals surface area contributed by atoms with Crippen LogP contribution in [0.3, 0.4) is 0 Å². The van der Waals surface area contributed by atoms with Crippen molar-refractivity contribution in [1.82, 2.24) is 9.78 Å². The number of hydrogen-bond donors (Lipinski definition) is 0. The number of aromatic nitrogens is 2. The van der Waals surface area contributed by atoms with Gasteiger partial charge in [0.15, 0.2) is 0 Å². The molecule has 0 saturated carbocycles. The van der Waals surface area contributed by atoms with E-state index in [1.54, 1.807) is 6.20 Å². The summed E-state index contributed by atoms with van der Waals surface area (Å²) in [5, 5.41) is 5.72. The summed E-state index contributed by atoms with van der Waals surface area (Å²) in [4.78, 5) is 0. The number of halogens is 3. The molecular weight excluding hydrogens is 343 g/mol. The maximum absolute atomic E-state index is 5.93. The average molecular weight is 350 g/mol. The Morgan fingerprint density at radius 3 is 2.80 bits per heavy atom. The molecule has 2 aromatic rings. The smallest absolute Gasteiger partial charge is 0.0687 e. The molecule has 1 aromatic carbocycles. The number of benzene rings is 1. The van der Waals surface area contributed by atoms with E-state index in [0.717, 1.165) is 26.1 Å². The van der Waals surface area contributed by atoms with Crippen molar-refractivity contribution in [2.24, 2.45) is 0 Å². The van der Waals surface area contributed by atoms with Crippen molar-refractivity contribution in [3.8, 4) is 5.69 Å². The third kappa shape index (κ3) is 2.44. The molecule has 1 aromatic heterocycles. The minimum absolute atomic E-state index is 0.736. The molecule has 0 bridgehead atoms. The van der Waals surface area contributed by atoms with E-state index >= 15 is 0 Å². The Hall–Kier alpha value is -0.320. The van der Waals surface area contributed by atoms with E-state index in [0.29, 0.717) is 0 Å². The lowest BCUT2D eigenvalue weighted by molar-refractivity contribution is 0.872. The van der Waals surface area contributed by atoms with Crippen LogP contribution in [0.2, 0.25) is 5.02 Å². The topological polar surface area (TPSA) is 17.8 Å². The van der Waals surface area contributed by atoms with Crippen LogP contribution in [0, 0.1) is 0 Å². The van der Waals surface area contributed by atoms with Crippen molar-refractivity contribution in [2.45, 2.75) is 5.33 Å². The van der Waals surface area contributed by atoms with Crippen LogP contribution in [0.4, 0.5) is 0 Å². The fraction of sp³-hybridized carbons (Fsp3) is 0.100. The first-order valence-corrected chi connectivity index (χ1v) is 6.55. The standard InChI is InChI=1S/C10H7Br2ClN2/c11-4-7-3-9(13)1-2-10(7)15-6-8(12)5-14-15/h1-3,5-6H,4H2. The molecule has 0 N–H and O–H groups in total. The van der Waals surface area contributed by atoms with Gasteiger partial charge in [0.2, 0.25) is 0 Å². The Labute approximate surface area is 109 Å². The molecule has 0 aliphatic rings. The van der Waals surface area contributed by atoms with Crippen LogP contribution in [-0.4, -0.2) is 9.78 Å². The van der Waals surface area contributed by atoms with Crippen molar-refractivity contribution in [3.05, 3.63) is 45.7 Å². The van der Waals surface area contributed by atoms with Crippen molar-refractivity contribution in [3.63, 3.8) is 0 Å². The van der Waals surface area contributed by atoms with Gasteiger partial charge in [0.25, 0.3) is 0 Å². The highest BCUT2D eigenvalue weighted by Crippen LogP contribution is 2.22. The monoisotopic (exact) mass is 348 g/mol. The molecule has 5 heteroatoms. The molecule has 0 saturated heterocycles. The van der Waals surface area contributed by atoms with E-state index < -0.39 is 0 Å². The lowest BCUT2D eigenvalue weighted by Crippen LogP contribution is -1.98. The van der Waals surface area contributed by atoms with Gasteiger partial charge in [-0.05, 0) is 39.7 Å². The zero-order valence-electron chi connectivity index (χ0n) is 7.62. The second kappa shape index (κ2) is 4.68. The Bertz CT molecular complexity index is 482. The maximum Gasteiger partial charge on any atom is 0.0687 e. The predicted octanol–water partition coefficient (Wildman–Crippen LogP) is 4.18. The zero-order valence-corrected chi connectivity index (χ0v) is 11.6. The molecule has 0 aliphatic heterocycles. The summed E-state index contributed by atoms with van der Waals surface area (Å²) >= 11 is 12.7. The Morgan fingerprint density at radius 2 is 2.20 bits per heavy atom. The van der Waals surface area contributed by atoms with Crippen LogP contribution in [-0.2, 0) is 5.33 Å². The predicted molar refractivity (Wildman–Crippen MR) is 68.9 cm³/mol. The van der Waals surface area contributed by atoms with E-state index in [2.05, 4.69) is 37.0 Å². The Morgan fingerprint density at radius 1 is 1.40 bits per heavy atom. The molecular formula is C10H7Br2ClN2. The summed E-state index contributed by atoms with van der Waals surface area (Å²) in [5.74, 6) is 0. The fourth-order valence-corrected chi connectivity index (χ4v) is 2.25. The summed E-state index contributed by atoms with van der Waals surface area (Å²) in [5.41, 5.74) is 2.14. The van der Waals surface area contributed by atoms with Gasteiger partial charge in [0.1, 0.15) is 0 Å². The lowest BCUT2D eigenvalue weighted by Gasteiger charge is -2.07. The van der Waals surface area contributed by atoms with Gasteiger partial charge in [0, 0.05) is 16.5 Å². The molecule has 1 heterocycles. The quantitative estimate of drug-likeness (QED) is 0.743. The second-order valence-electron chi connectivity index (χ2n) is 3.01. The molecule has 0 atom stereocenters. The summed E-state index contributed by atoms with van der Waals surface area (Å²) in [6.45, 7) is 0. The minimum Gasteiger partial charge on any atom is -0.240 e. The first kappa shape index (κ1) is 11.2. The van der Waals surface area contributed by atoms with Gasteiger partial charge in [0.05, 0.1) is 16.4 Å². The number of alkyl halides is 1. The molecule has 0 amide bonds. The third-order valence-electron chi connectivity index (χ3n) is 1.98. The lowest BCUT2D eigenvalue weighted by atomic mass is 10.2. The van der Waals surface area contributed by atoms with Crippen LogP contribution < -0.4 is 0 Å². The highest BCUT2D eigenvalue weighted by molar-refractivity contribution is 9.10. The van der Waals surface area contributed by atoms with E-state index in [-0.39, 0.29) is 0 Å². The van der Waals surface area contributed by atoms with Crippen LogP contribution in [0.15, 0.2) is 35.1 Å².